The Morgan fingerprint density at radius 1 is 1.30 bits per heavy atom. The average molecular weight is 368 g/mol. The number of aromatic nitrogens is 3. The van der Waals surface area contributed by atoms with E-state index in [4.69, 9.17) is 14.0 Å². The molecule has 0 unspecified atom stereocenters. The highest BCUT2D eigenvalue weighted by Crippen LogP contribution is 2.21. The molecule has 2 aromatic heterocycles. The SMILES string of the molecule is Cc1cc(C[C@@H]2COC[C@@H]2NC(=O)COc2ncnc3ccccc23)on1. The van der Waals surface area contributed by atoms with Gasteiger partial charge in [0.1, 0.15) is 12.1 Å². The summed E-state index contributed by atoms with van der Waals surface area (Å²) in [5, 5.41) is 7.65. The van der Waals surface area contributed by atoms with Crippen LogP contribution in [0.1, 0.15) is 11.5 Å². The number of aryl methyl sites for hydroxylation is 1. The lowest BCUT2D eigenvalue weighted by Gasteiger charge is -2.18. The molecule has 1 aliphatic heterocycles. The molecule has 4 rings (SSSR count). The van der Waals surface area contributed by atoms with Gasteiger partial charge in [0.05, 0.1) is 35.9 Å². The number of fused-ring (bicyclic) bond motifs is 1. The van der Waals surface area contributed by atoms with Crippen LogP contribution in [0.4, 0.5) is 0 Å². The third kappa shape index (κ3) is 4.06. The Morgan fingerprint density at radius 2 is 2.19 bits per heavy atom. The summed E-state index contributed by atoms with van der Waals surface area (Å²) < 4.78 is 16.4. The largest absolute Gasteiger partial charge is 0.467 e. The van der Waals surface area contributed by atoms with Gasteiger partial charge in [0.2, 0.25) is 5.88 Å². The van der Waals surface area contributed by atoms with Crippen LogP contribution in [0.2, 0.25) is 0 Å². The maximum Gasteiger partial charge on any atom is 0.258 e. The fourth-order valence-electron chi connectivity index (χ4n) is 3.21. The summed E-state index contributed by atoms with van der Waals surface area (Å²) in [5.41, 5.74) is 1.62. The van der Waals surface area contributed by atoms with Crippen LogP contribution in [-0.4, -0.2) is 46.9 Å². The first-order chi connectivity index (χ1) is 13.2. The highest BCUT2D eigenvalue weighted by molar-refractivity contribution is 5.84. The molecule has 8 heteroatoms. The Hall–Kier alpha value is -3.00. The quantitative estimate of drug-likeness (QED) is 0.706. The lowest BCUT2D eigenvalue weighted by molar-refractivity contribution is -0.124. The predicted molar refractivity (Wildman–Crippen MR) is 96.2 cm³/mol. The molecule has 3 heterocycles. The summed E-state index contributed by atoms with van der Waals surface area (Å²) in [6.45, 7) is 2.80. The number of nitrogens with zero attached hydrogens (tertiary/aromatic N) is 3. The van der Waals surface area contributed by atoms with E-state index in [0.29, 0.717) is 25.5 Å². The monoisotopic (exact) mass is 368 g/mol. The molecule has 1 fully saturated rings. The number of nitrogens with one attached hydrogen (secondary N) is 1. The van der Waals surface area contributed by atoms with E-state index in [-0.39, 0.29) is 24.5 Å². The van der Waals surface area contributed by atoms with Gasteiger partial charge in [-0.3, -0.25) is 4.79 Å². The maximum atomic E-state index is 12.3. The summed E-state index contributed by atoms with van der Waals surface area (Å²) >= 11 is 0. The van der Waals surface area contributed by atoms with Crippen LogP contribution >= 0.6 is 0 Å². The van der Waals surface area contributed by atoms with Crippen LogP contribution in [0.25, 0.3) is 10.9 Å². The molecule has 1 aromatic carbocycles. The molecule has 1 saturated heterocycles. The van der Waals surface area contributed by atoms with Crippen molar-refractivity contribution in [3.05, 3.63) is 48.1 Å². The Labute approximate surface area is 155 Å². The van der Waals surface area contributed by atoms with Gasteiger partial charge in [-0.15, -0.1) is 0 Å². The van der Waals surface area contributed by atoms with Crippen molar-refractivity contribution < 1.29 is 18.8 Å². The Bertz CT molecular complexity index is 937. The van der Waals surface area contributed by atoms with Crippen molar-refractivity contribution in [3.63, 3.8) is 0 Å². The minimum absolute atomic E-state index is 0.0892. The molecule has 0 radical (unpaired) electrons. The van der Waals surface area contributed by atoms with Crippen LogP contribution in [0.5, 0.6) is 5.88 Å². The second-order valence-electron chi connectivity index (χ2n) is 6.59. The van der Waals surface area contributed by atoms with Crippen LogP contribution in [0.15, 0.2) is 41.2 Å². The van der Waals surface area contributed by atoms with Crippen LogP contribution < -0.4 is 10.1 Å². The van der Waals surface area contributed by atoms with Gasteiger partial charge in [0.25, 0.3) is 5.91 Å². The van der Waals surface area contributed by atoms with E-state index >= 15 is 0 Å². The third-order valence-electron chi connectivity index (χ3n) is 4.53. The predicted octanol–water partition coefficient (Wildman–Crippen LogP) is 1.68. The molecule has 2 atom stereocenters. The van der Waals surface area contributed by atoms with Gasteiger partial charge in [-0.1, -0.05) is 17.3 Å². The van der Waals surface area contributed by atoms with Crippen molar-refractivity contribution in [1.82, 2.24) is 20.4 Å². The molecular weight excluding hydrogens is 348 g/mol. The van der Waals surface area contributed by atoms with Crippen molar-refractivity contribution >= 4 is 16.8 Å². The molecule has 0 aliphatic carbocycles. The first-order valence-electron chi connectivity index (χ1n) is 8.81. The van der Waals surface area contributed by atoms with Crippen molar-refractivity contribution in [3.8, 4) is 5.88 Å². The number of carbonyl (C=O) groups is 1. The summed E-state index contributed by atoms with van der Waals surface area (Å²) in [6.07, 6.45) is 2.10. The Kier molecular flexibility index (Phi) is 4.97. The lowest BCUT2D eigenvalue weighted by Crippen LogP contribution is -2.42. The second kappa shape index (κ2) is 7.71. The molecule has 27 heavy (non-hydrogen) atoms. The van der Waals surface area contributed by atoms with E-state index in [9.17, 15) is 4.79 Å². The summed E-state index contributed by atoms with van der Waals surface area (Å²) in [7, 11) is 0. The highest BCUT2D eigenvalue weighted by atomic mass is 16.5. The molecule has 0 saturated carbocycles. The van der Waals surface area contributed by atoms with Gasteiger partial charge in [0, 0.05) is 18.4 Å². The number of benzene rings is 1. The number of para-hydroxylation sites is 1. The average Bonchev–Trinajstić information content (AvgIpc) is 3.29. The summed E-state index contributed by atoms with van der Waals surface area (Å²) in [4.78, 5) is 20.6. The maximum absolute atomic E-state index is 12.3. The first-order valence-corrected chi connectivity index (χ1v) is 8.81. The second-order valence-corrected chi connectivity index (χ2v) is 6.59. The van der Waals surface area contributed by atoms with E-state index in [1.165, 1.54) is 6.33 Å². The van der Waals surface area contributed by atoms with Crippen molar-refractivity contribution in [2.24, 2.45) is 5.92 Å². The minimum atomic E-state index is -0.216. The number of rotatable bonds is 6. The van der Waals surface area contributed by atoms with Crippen molar-refractivity contribution in [1.29, 1.82) is 0 Å². The molecule has 0 spiro atoms. The first kappa shape index (κ1) is 17.4. The molecule has 1 N–H and O–H groups in total. The van der Waals surface area contributed by atoms with E-state index in [0.717, 1.165) is 22.4 Å². The zero-order chi connectivity index (χ0) is 18.6. The minimum Gasteiger partial charge on any atom is -0.467 e. The number of carbonyl (C=O) groups excluding carboxylic acids is 1. The molecule has 0 bridgehead atoms. The highest BCUT2D eigenvalue weighted by Gasteiger charge is 2.30. The molecule has 3 aromatic rings. The normalized spacial score (nSPS) is 19.3. The standard InChI is InChI=1S/C19H20N4O4/c1-12-6-14(27-23-12)7-13-8-25-9-17(13)22-18(24)10-26-19-15-4-2-3-5-16(15)20-11-21-19/h2-6,11,13,17H,7-10H2,1H3,(H,22,24)/t13-,17+/m1/s1. The fraction of sp³-hybridized carbons (Fsp3) is 0.368. The van der Waals surface area contributed by atoms with Gasteiger partial charge in [0.15, 0.2) is 6.61 Å². The molecule has 1 amide bonds. The van der Waals surface area contributed by atoms with Gasteiger partial charge < -0.3 is 19.3 Å². The van der Waals surface area contributed by atoms with E-state index in [1.807, 2.05) is 37.3 Å². The van der Waals surface area contributed by atoms with E-state index in [1.54, 1.807) is 0 Å². The Morgan fingerprint density at radius 3 is 3.04 bits per heavy atom. The van der Waals surface area contributed by atoms with Crippen LogP contribution in [0, 0.1) is 12.8 Å². The Balaban J connectivity index is 1.34. The number of ether oxygens (including phenoxy) is 2. The molecule has 140 valence electrons. The lowest BCUT2D eigenvalue weighted by atomic mass is 9.98. The zero-order valence-electron chi connectivity index (χ0n) is 14.9. The van der Waals surface area contributed by atoms with E-state index < -0.39 is 0 Å². The van der Waals surface area contributed by atoms with E-state index in [2.05, 4.69) is 20.4 Å². The topological polar surface area (TPSA) is 99.4 Å². The van der Waals surface area contributed by atoms with Crippen LogP contribution in [0.3, 0.4) is 0 Å². The molecule has 8 nitrogen and oxygen atoms in total. The number of amides is 1. The number of hydrogen-bond acceptors (Lipinski definition) is 7. The van der Waals surface area contributed by atoms with Crippen LogP contribution in [-0.2, 0) is 16.0 Å². The summed E-state index contributed by atoms with van der Waals surface area (Å²) in [6, 6.07) is 9.32. The summed E-state index contributed by atoms with van der Waals surface area (Å²) in [5.74, 6) is 1.12. The molecule has 1 aliphatic rings. The van der Waals surface area contributed by atoms with Gasteiger partial charge in [-0.05, 0) is 19.1 Å². The zero-order valence-corrected chi connectivity index (χ0v) is 14.9. The van der Waals surface area contributed by atoms with Gasteiger partial charge >= 0.3 is 0 Å². The van der Waals surface area contributed by atoms with Gasteiger partial charge in [-0.25, -0.2) is 9.97 Å². The number of hydrogen-bond donors (Lipinski definition) is 1. The molecular formula is C19H20N4O4. The van der Waals surface area contributed by atoms with Crippen molar-refractivity contribution in [2.75, 3.05) is 19.8 Å². The smallest absolute Gasteiger partial charge is 0.258 e. The van der Waals surface area contributed by atoms with Crippen molar-refractivity contribution in [2.45, 2.75) is 19.4 Å². The third-order valence-corrected chi connectivity index (χ3v) is 4.53. The van der Waals surface area contributed by atoms with Gasteiger partial charge in [-0.2, -0.15) is 0 Å². The fourth-order valence-corrected chi connectivity index (χ4v) is 3.21.